The highest BCUT2D eigenvalue weighted by molar-refractivity contribution is 5.98. The molecule has 44 heavy (non-hydrogen) atoms. The van der Waals surface area contributed by atoms with Crippen LogP contribution < -0.4 is 31.3 Å². The average Bonchev–Trinajstić information content (AvgIpc) is 2.97. The van der Waals surface area contributed by atoms with Crippen LogP contribution in [0, 0.1) is 10.6 Å². The molecular formula is C33H50N6O5. The fourth-order valence-corrected chi connectivity index (χ4v) is 4.64. The van der Waals surface area contributed by atoms with Crippen LogP contribution in [0.15, 0.2) is 54.9 Å². The molecule has 0 spiro atoms. The van der Waals surface area contributed by atoms with Gasteiger partial charge in [0, 0.05) is 31.3 Å². The number of pyridine rings is 1. The van der Waals surface area contributed by atoms with Gasteiger partial charge in [0.25, 0.3) is 5.91 Å². The predicted octanol–water partition coefficient (Wildman–Crippen LogP) is 2.37. The maximum absolute atomic E-state index is 13.6. The topological polar surface area (TPSA) is 155 Å². The number of carbonyl (C=O) groups excluding carboxylic acids is 4. The van der Waals surface area contributed by atoms with Gasteiger partial charge in [-0.15, -0.1) is 0 Å². The second kappa shape index (κ2) is 18.0. The fourth-order valence-electron chi connectivity index (χ4n) is 4.64. The molecule has 0 saturated carbocycles. The smallest absolute Gasteiger partial charge is 0.252 e. The number of hydrogen-bond donors (Lipinski definition) is 5. The van der Waals surface area contributed by atoms with Crippen LogP contribution in [0.5, 0.6) is 0 Å². The fraction of sp³-hybridized carbons (Fsp3) is 0.545. The van der Waals surface area contributed by atoms with Crippen molar-refractivity contribution in [1.82, 2.24) is 26.6 Å². The standard InChI is InChI=1S/C33H50N6O5/c1-7-12-27(37-32(43)28(21-33(4,5)6)38-30(41)25-15-18-39(44)19-16-25)31(42)36-26(20-24-13-10-9-11-14-24)22-35-23(3)29(40)34-17-8-2/h9-11,13-16,18-19,23,26-28,35H,7-8,12,17,20-22H2,1-6H3,(H,34,40)(H,36,42)(H,37,43)(H,38,41)/t23-,26-,27-,28-/m0/s1. The van der Waals surface area contributed by atoms with Gasteiger partial charge in [0.1, 0.15) is 12.1 Å². The van der Waals surface area contributed by atoms with E-state index in [0.717, 1.165) is 12.0 Å². The summed E-state index contributed by atoms with van der Waals surface area (Å²) in [6.07, 6.45) is 5.17. The summed E-state index contributed by atoms with van der Waals surface area (Å²) in [4.78, 5) is 52.5. The zero-order chi connectivity index (χ0) is 32.7. The molecule has 2 aromatic rings. The summed E-state index contributed by atoms with van der Waals surface area (Å²) < 4.78 is 0.576. The van der Waals surface area contributed by atoms with Crippen LogP contribution >= 0.6 is 0 Å². The van der Waals surface area contributed by atoms with Crippen molar-refractivity contribution in [2.75, 3.05) is 13.1 Å². The summed E-state index contributed by atoms with van der Waals surface area (Å²) in [5.74, 6) is -1.40. The van der Waals surface area contributed by atoms with Crippen LogP contribution in [0.4, 0.5) is 0 Å². The van der Waals surface area contributed by atoms with Crippen molar-refractivity contribution < 1.29 is 23.9 Å². The van der Waals surface area contributed by atoms with E-state index in [4.69, 9.17) is 0 Å². The third kappa shape index (κ3) is 13.1. The lowest BCUT2D eigenvalue weighted by molar-refractivity contribution is -0.605. The van der Waals surface area contributed by atoms with E-state index < -0.39 is 29.9 Å². The van der Waals surface area contributed by atoms with Crippen molar-refractivity contribution in [2.45, 2.75) is 97.8 Å². The van der Waals surface area contributed by atoms with Gasteiger partial charge < -0.3 is 31.8 Å². The van der Waals surface area contributed by atoms with Crippen LogP contribution in [-0.4, -0.2) is 60.9 Å². The molecule has 1 aromatic heterocycles. The second-order valence-electron chi connectivity index (χ2n) is 12.4. The number of hydrogen-bond acceptors (Lipinski definition) is 6. The quantitative estimate of drug-likeness (QED) is 0.137. The molecule has 0 fully saturated rings. The van der Waals surface area contributed by atoms with Crippen LogP contribution in [-0.2, 0) is 20.8 Å². The highest BCUT2D eigenvalue weighted by Crippen LogP contribution is 2.21. The number of nitrogens with zero attached hydrogens (tertiary/aromatic N) is 1. The van der Waals surface area contributed by atoms with Crippen molar-refractivity contribution in [3.63, 3.8) is 0 Å². The Morgan fingerprint density at radius 3 is 2.07 bits per heavy atom. The summed E-state index contributed by atoms with van der Waals surface area (Å²) in [5.41, 5.74) is 0.967. The first-order valence-electron chi connectivity index (χ1n) is 15.5. The summed E-state index contributed by atoms with van der Waals surface area (Å²) in [5, 5.41) is 26.2. The van der Waals surface area contributed by atoms with Crippen LogP contribution in [0.1, 0.15) is 83.1 Å². The number of rotatable bonds is 17. The van der Waals surface area contributed by atoms with E-state index in [2.05, 4.69) is 26.6 Å². The van der Waals surface area contributed by atoms with Gasteiger partial charge in [0.05, 0.1) is 11.6 Å². The van der Waals surface area contributed by atoms with E-state index in [0.29, 0.717) is 43.5 Å². The van der Waals surface area contributed by atoms with Crippen molar-refractivity contribution >= 4 is 23.6 Å². The molecule has 5 N–H and O–H groups in total. The Hall–Kier alpha value is -3.99. The molecule has 2 rings (SSSR count). The van der Waals surface area contributed by atoms with Crippen LogP contribution in [0.2, 0.25) is 0 Å². The third-order valence-electron chi connectivity index (χ3n) is 7.00. The molecule has 11 nitrogen and oxygen atoms in total. The highest BCUT2D eigenvalue weighted by Gasteiger charge is 2.31. The van der Waals surface area contributed by atoms with Crippen LogP contribution in [0.25, 0.3) is 0 Å². The first-order chi connectivity index (χ1) is 20.8. The van der Waals surface area contributed by atoms with E-state index in [1.807, 2.05) is 65.0 Å². The molecule has 1 heterocycles. The van der Waals surface area contributed by atoms with E-state index in [1.165, 1.54) is 24.5 Å². The van der Waals surface area contributed by atoms with Gasteiger partial charge in [0.2, 0.25) is 17.7 Å². The minimum Gasteiger partial charge on any atom is -0.619 e. The van der Waals surface area contributed by atoms with E-state index in [-0.39, 0.29) is 28.8 Å². The van der Waals surface area contributed by atoms with Crippen LogP contribution in [0.3, 0.4) is 0 Å². The second-order valence-corrected chi connectivity index (χ2v) is 12.4. The van der Waals surface area contributed by atoms with Gasteiger partial charge in [-0.1, -0.05) is 71.4 Å². The summed E-state index contributed by atoms with van der Waals surface area (Å²) in [6, 6.07) is 9.98. The van der Waals surface area contributed by atoms with Gasteiger partial charge in [-0.3, -0.25) is 19.2 Å². The molecule has 11 heteroatoms. The average molecular weight is 611 g/mol. The van der Waals surface area contributed by atoms with E-state index in [1.54, 1.807) is 6.92 Å². The molecule has 0 aliphatic carbocycles. The van der Waals surface area contributed by atoms with Crippen molar-refractivity contribution in [3.05, 3.63) is 71.2 Å². The molecule has 0 aliphatic rings. The molecule has 1 aromatic carbocycles. The van der Waals surface area contributed by atoms with Gasteiger partial charge in [0.15, 0.2) is 12.4 Å². The van der Waals surface area contributed by atoms with Gasteiger partial charge >= 0.3 is 0 Å². The Labute approximate surface area is 261 Å². The van der Waals surface area contributed by atoms with Crippen molar-refractivity contribution in [2.24, 2.45) is 5.41 Å². The Kier molecular flexibility index (Phi) is 14.8. The molecular weight excluding hydrogens is 560 g/mol. The lowest BCUT2D eigenvalue weighted by Crippen LogP contribution is -2.57. The van der Waals surface area contributed by atoms with Crippen molar-refractivity contribution in [3.8, 4) is 0 Å². The molecule has 4 amide bonds. The van der Waals surface area contributed by atoms with E-state index >= 15 is 0 Å². The number of aromatic nitrogens is 1. The monoisotopic (exact) mass is 610 g/mol. The Bertz CT molecular complexity index is 1200. The number of amides is 4. The zero-order valence-electron chi connectivity index (χ0n) is 26.9. The van der Waals surface area contributed by atoms with Crippen molar-refractivity contribution in [1.29, 1.82) is 0 Å². The van der Waals surface area contributed by atoms with Gasteiger partial charge in [-0.05, 0) is 43.6 Å². The lowest BCUT2D eigenvalue weighted by Gasteiger charge is -2.29. The molecule has 0 bridgehead atoms. The molecule has 0 aliphatic heterocycles. The first kappa shape index (κ1) is 36.2. The molecule has 0 radical (unpaired) electrons. The molecule has 242 valence electrons. The molecule has 4 atom stereocenters. The number of benzene rings is 1. The number of carbonyl (C=O) groups is 4. The predicted molar refractivity (Wildman–Crippen MR) is 170 cm³/mol. The molecule has 0 unspecified atom stereocenters. The maximum Gasteiger partial charge on any atom is 0.252 e. The summed E-state index contributed by atoms with van der Waals surface area (Å²) >= 11 is 0. The van der Waals surface area contributed by atoms with Gasteiger partial charge in [-0.25, -0.2) is 0 Å². The Morgan fingerprint density at radius 2 is 1.48 bits per heavy atom. The van der Waals surface area contributed by atoms with Gasteiger partial charge in [-0.2, -0.15) is 4.73 Å². The Morgan fingerprint density at radius 1 is 0.841 bits per heavy atom. The largest absolute Gasteiger partial charge is 0.619 e. The SMILES string of the molecule is CCCNC(=O)[C@H](C)NC[C@H](Cc1ccccc1)NC(=O)[C@H](CCC)NC(=O)[C@H](CC(C)(C)C)NC(=O)c1cc[n+]([O-])cc1. The zero-order valence-corrected chi connectivity index (χ0v) is 26.9. The summed E-state index contributed by atoms with van der Waals surface area (Å²) in [7, 11) is 0. The van der Waals surface area contributed by atoms with E-state index in [9.17, 15) is 24.4 Å². The Balaban J connectivity index is 2.18. The third-order valence-corrected chi connectivity index (χ3v) is 7.00. The maximum atomic E-state index is 13.6. The minimum absolute atomic E-state index is 0.109. The number of nitrogens with one attached hydrogen (secondary N) is 5. The first-order valence-corrected chi connectivity index (χ1v) is 15.5. The molecule has 0 saturated heterocycles. The highest BCUT2D eigenvalue weighted by atomic mass is 16.5. The lowest BCUT2D eigenvalue weighted by atomic mass is 9.87. The normalized spacial score (nSPS) is 14.0. The minimum atomic E-state index is -0.904. The summed E-state index contributed by atoms with van der Waals surface area (Å²) in [6.45, 7) is 12.5.